The van der Waals surface area contributed by atoms with E-state index in [9.17, 15) is 24.2 Å². The van der Waals surface area contributed by atoms with Gasteiger partial charge in [0.15, 0.2) is 6.10 Å². The minimum atomic E-state index is -4.66. The summed E-state index contributed by atoms with van der Waals surface area (Å²) in [5.74, 6) is -0.966. The maximum absolute atomic E-state index is 12.6. The fraction of sp³-hybridized carbons (Fsp3) is 0.767. The molecule has 0 saturated heterocycles. The molecule has 0 aliphatic carbocycles. The van der Waals surface area contributed by atoms with E-state index < -0.39 is 38.6 Å². The molecule has 0 aromatic heterocycles. The Kier molecular flexibility index (Phi) is 34.0. The lowest BCUT2D eigenvalue weighted by atomic mass is 10.0. The van der Waals surface area contributed by atoms with Gasteiger partial charge in [0.1, 0.15) is 19.8 Å². The fourth-order valence-electron chi connectivity index (χ4n) is 5.31. The highest BCUT2D eigenvalue weighted by Gasteiger charge is 2.21. The lowest BCUT2D eigenvalue weighted by Crippen LogP contribution is -2.37. The lowest BCUT2D eigenvalue weighted by Gasteiger charge is -2.28. The molecule has 1 N–H and O–H groups in total. The van der Waals surface area contributed by atoms with Crippen LogP contribution in [0.25, 0.3) is 0 Å². The summed E-state index contributed by atoms with van der Waals surface area (Å²) in [6.07, 6.45) is 36.0. The average Bonchev–Trinajstić information content (AvgIpc) is 3.11. The molecule has 0 saturated carbocycles. The largest absolute Gasteiger partial charge is 0.756 e. The molecular weight excluding hydrogens is 705 g/mol. The minimum absolute atomic E-state index is 0.0569. The van der Waals surface area contributed by atoms with Crippen molar-refractivity contribution in [1.29, 1.82) is 0 Å². The van der Waals surface area contributed by atoms with Crippen molar-refractivity contribution in [3.63, 3.8) is 0 Å². The Morgan fingerprint density at radius 3 is 1.91 bits per heavy atom. The second kappa shape index (κ2) is 35.4. The molecule has 314 valence electrons. The molecule has 0 aromatic carbocycles. The topological polar surface area (TPSA) is 131 Å². The van der Waals surface area contributed by atoms with Crippen molar-refractivity contribution in [2.45, 2.75) is 167 Å². The first kappa shape index (κ1) is 51.9. The minimum Gasteiger partial charge on any atom is -0.756 e. The summed E-state index contributed by atoms with van der Waals surface area (Å²) < 4.78 is 33.7. The maximum atomic E-state index is 12.6. The van der Waals surface area contributed by atoms with Gasteiger partial charge in [-0.05, 0) is 44.9 Å². The number of aliphatic hydroxyl groups excluding tert-OH is 1. The van der Waals surface area contributed by atoms with Crippen LogP contribution in [0.3, 0.4) is 0 Å². The standard InChI is InChI=1S/C43H78NO9P/c1-6-8-10-12-14-16-17-18-20-22-26-30-34-42(46)50-38-41(39-52-54(48,49)51-37-36-44(3,4)5)53-43(47)35-31-27-23-25-29-33-40(45)32-28-24-21-19-15-13-11-9-7-2/h15,19,23-25,28-29,33,40-41,45H,6-14,16-18,20-22,26-27,30-32,34-39H2,1-5H3/b19-15-,25-23+,28-24-,33-29-/t40?,41-/m1/s1. The predicted octanol–water partition coefficient (Wildman–Crippen LogP) is 9.86. The van der Waals surface area contributed by atoms with E-state index in [1.54, 1.807) is 12.2 Å². The SMILES string of the molecule is CCCCC/C=C\C/C=C\CC(O)/C=C\C=C\CCCC(=O)O[C@H](COC(=O)CCCCCCCCCCCCCC)COP(=O)([O-])OCC[N+](C)(C)C. The number of phosphoric acid groups is 1. The summed E-state index contributed by atoms with van der Waals surface area (Å²) in [7, 11) is 1.07. The zero-order chi connectivity index (χ0) is 40.2. The molecule has 0 aromatic rings. The molecule has 0 aliphatic heterocycles. The fourth-order valence-corrected chi connectivity index (χ4v) is 6.04. The number of unbranched alkanes of at least 4 members (excludes halogenated alkanes) is 15. The van der Waals surface area contributed by atoms with Crippen LogP contribution in [-0.4, -0.2) is 81.2 Å². The van der Waals surface area contributed by atoms with E-state index in [1.807, 2.05) is 39.4 Å². The van der Waals surface area contributed by atoms with E-state index in [4.69, 9.17) is 18.5 Å². The molecule has 10 nitrogen and oxygen atoms in total. The molecule has 0 aliphatic rings. The third kappa shape index (κ3) is 38.2. The van der Waals surface area contributed by atoms with Gasteiger partial charge >= 0.3 is 11.9 Å². The average molecular weight is 784 g/mol. The smallest absolute Gasteiger partial charge is 0.306 e. The summed E-state index contributed by atoms with van der Waals surface area (Å²) in [5.41, 5.74) is 0. The number of aliphatic hydroxyl groups is 1. The van der Waals surface area contributed by atoms with Crippen LogP contribution < -0.4 is 4.89 Å². The number of quaternary nitrogens is 1. The first-order valence-electron chi connectivity index (χ1n) is 21.0. The highest BCUT2D eigenvalue weighted by atomic mass is 31.2. The number of carbonyl (C=O) groups excluding carboxylic acids is 2. The highest BCUT2D eigenvalue weighted by molar-refractivity contribution is 7.45. The van der Waals surface area contributed by atoms with Gasteiger partial charge in [0, 0.05) is 12.8 Å². The van der Waals surface area contributed by atoms with E-state index in [2.05, 4.69) is 32.1 Å². The summed E-state index contributed by atoms with van der Waals surface area (Å²) in [5, 5.41) is 10.1. The Hall–Kier alpha value is -2.07. The molecule has 54 heavy (non-hydrogen) atoms. The van der Waals surface area contributed by atoms with Crippen LogP contribution in [0.15, 0.2) is 48.6 Å². The van der Waals surface area contributed by atoms with E-state index in [0.717, 1.165) is 32.1 Å². The lowest BCUT2D eigenvalue weighted by molar-refractivity contribution is -0.870. The molecule has 0 rings (SSSR count). The Bertz CT molecular complexity index is 1080. The third-order valence-electron chi connectivity index (χ3n) is 8.68. The van der Waals surface area contributed by atoms with Crippen molar-refractivity contribution in [2.24, 2.45) is 0 Å². The Morgan fingerprint density at radius 2 is 1.26 bits per heavy atom. The number of esters is 2. The molecule has 0 fully saturated rings. The second-order valence-corrected chi connectivity index (χ2v) is 16.6. The van der Waals surface area contributed by atoms with E-state index >= 15 is 0 Å². The van der Waals surface area contributed by atoms with Gasteiger partial charge in [-0.3, -0.25) is 14.2 Å². The number of hydrogen-bond acceptors (Lipinski definition) is 9. The molecule has 2 unspecified atom stereocenters. The van der Waals surface area contributed by atoms with Crippen molar-refractivity contribution in [3.8, 4) is 0 Å². The van der Waals surface area contributed by atoms with Gasteiger partial charge < -0.3 is 33.0 Å². The van der Waals surface area contributed by atoms with E-state index in [0.29, 0.717) is 36.7 Å². The van der Waals surface area contributed by atoms with Gasteiger partial charge in [-0.25, -0.2) is 0 Å². The molecule has 3 atom stereocenters. The maximum Gasteiger partial charge on any atom is 0.306 e. The number of ether oxygens (including phenoxy) is 2. The van der Waals surface area contributed by atoms with Crippen LogP contribution >= 0.6 is 7.82 Å². The van der Waals surface area contributed by atoms with E-state index in [1.165, 1.54) is 70.6 Å². The Morgan fingerprint density at radius 1 is 0.685 bits per heavy atom. The number of carbonyl (C=O) groups is 2. The summed E-state index contributed by atoms with van der Waals surface area (Å²) in [6.45, 7) is 4.01. The summed E-state index contributed by atoms with van der Waals surface area (Å²) in [4.78, 5) is 37.4. The predicted molar refractivity (Wildman–Crippen MR) is 219 cm³/mol. The van der Waals surface area contributed by atoms with Gasteiger partial charge in [-0.1, -0.05) is 146 Å². The van der Waals surface area contributed by atoms with Gasteiger partial charge in [-0.2, -0.15) is 0 Å². The molecule has 0 bridgehead atoms. The Labute approximate surface area is 329 Å². The van der Waals surface area contributed by atoms with Crippen molar-refractivity contribution in [2.75, 3.05) is 47.5 Å². The van der Waals surface area contributed by atoms with Gasteiger partial charge in [-0.15, -0.1) is 0 Å². The molecular formula is C43H78NO9P. The number of hydrogen-bond donors (Lipinski definition) is 1. The normalized spacial score (nSPS) is 14.7. The highest BCUT2D eigenvalue weighted by Crippen LogP contribution is 2.38. The first-order valence-corrected chi connectivity index (χ1v) is 22.4. The molecule has 0 amide bonds. The van der Waals surface area contributed by atoms with Crippen molar-refractivity contribution >= 4 is 19.8 Å². The van der Waals surface area contributed by atoms with Gasteiger partial charge in [0.2, 0.25) is 0 Å². The van der Waals surface area contributed by atoms with Crippen LogP contribution in [0.4, 0.5) is 0 Å². The van der Waals surface area contributed by atoms with Crippen molar-refractivity contribution < 1.29 is 47.2 Å². The van der Waals surface area contributed by atoms with Crippen LogP contribution in [0.5, 0.6) is 0 Å². The molecule has 0 heterocycles. The first-order chi connectivity index (χ1) is 25.9. The third-order valence-corrected chi connectivity index (χ3v) is 9.65. The summed E-state index contributed by atoms with van der Waals surface area (Å²) >= 11 is 0. The van der Waals surface area contributed by atoms with Crippen LogP contribution in [0.2, 0.25) is 0 Å². The second-order valence-electron chi connectivity index (χ2n) is 15.2. The quantitative estimate of drug-likeness (QED) is 0.0163. The van der Waals surface area contributed by atoms with Gasteiger partial charge in [0.05, 0.1) is 33.9 Å². The Balaban J connectivity index is 4.59. The molecule has 11 heteroatoms. The summed E-state index contributed by atoms with van der Waals surface area (Å²) in [6, 6.07) is 0. The molecule has 0 radical (unpaired) electrons. The number of likely N-dealkylation sites (N-methyl/N-ethyl adjacent to an activating group) is 1. The van der Waals surface area contributed by atoms with Crippen LogP contribution in [0, 0.1) is 0 Å². The molecule has 0 spiro atoms. The zero-order valence-corrected chi connectivity index (χ0v) is 35.7. The van der Waals surface area contributed by atoms with Crippen molar-refractivity contribution in [1.82, 2.24) is 0 Å². The van der Waals surface area contributed by atoms with Crippen LogP contribution in [0.1, 0.15) is 155 Å². The van der Waals surface area contributed by atoms with Crippen molar-refractivity contribution in [3.05, 3.63) is 48.6 Å². The van der Waals surface area contributed by atoms with E-state index in [-0.39, 0.29) is 26.1 Å². The number of phosphoric ester groups is 1. The number of rotatable bonds is 37. The van der Waals surface area contributed by atoms with Gasteiger partial charge in [0.25, 0.3) is 7.82 Å². The number of allylic oxidation sites excluding steroid dienone is 6. The number of nitrogens with zero attached hydrogens (tertiary/aromatic N) is 1. The zero-order valence-electron chi connectivity index (χ0n) is 34.8. The van der Waals surface area contributed by atoms with Crippen LogP contribution in [-0.2, 0) is 32.7 Å². The monoisotopic (exact) mass is 784 g/mol.